The van der Waals surface area contributed by atoms with Gasteiger partial charge in [-0.2, -0.15) is 0 Å². The first kappa shape index (κ1) is 25.4. The van der Waals surface area contributed by atoms with Crippen molar-refractivity contribution in [3.63, 3.8) is 0 Å². The van der Waals surface area contributed by atoms with Gasteiger partial charge in [-0.05, 0) is 66.2 Å². The molecule has 1 aliphatic carbocycles. The summed E-state index contributed by atoms with van der Waals surface area (Å²) in [7, 11) is 0. The lowest BCUT2D eigenvalue weighted by Crippen LogP contribution is -2.52. The molecule has 7 heteroatoms. The summed E-state index contributed by atoms with van der Waals surface area (Å²) < 4.78 is 0. The van der Waals surface area contributed by atoms with Crippen LogP contribution in [0.2, 0.25) is 0 Å². The van der Waals surface area contributed by atoms with Crippen LogP contribution in [-0.2, 0) is 22.4 Å². The Morgan fingerprint density at radius 3 is 2.74 bits per heavy atom. The molecule has 2 aliphatic rings. The van der Waals surface area contributed by atoms with Crippen molar-refractivity contribution in [3.8, 4) is 0 Å². The quantitative estimate of drug-likeness (QED) is 0.499. The van der Waals surface area contributed by atoms with E-state index >= 15 is 0 Å². The third kappa shape index (κ3) is 6.48. The molecule has 0 radical (unpaired) electrons. The van der Waals surface area contributed by atoms with Crippen molar-refractivity contribution in [1.29, 1.82) is 0 Å². The number of benzene rings is 1. The van der Waals surface area contributed by atoms with E-state index in [9.17, 15) is 19.8 Å². The van der Waals surface area contributed by atoms with Crippen LogP contribution in [0, 0.1) is 5.92 Å². The standard InChI is InChI=1S/C28H34N2O4S/c1-19-7-5-10-22(15-19)24-11-6-14-30(24)28(34)26(32)25(31)27(33)29-13-12-23-17-21(18-35-23)16-20-8-3-2-4-9-20/h2-5,8-10,15,17-19,24-26,31-32H,6-7,11-14,16H2,1H3,(H,29,33)/t19?,24?,25-,26-/m1/s1. The third-order valence-electron chi connectivity index (χ3n) is 6.67. The first-order valence-electron chi connectivity index (χ1n) is 12.3. The Balaban J connectivity index is 1.26. The molecule has 2 amide bonds. The number of likely N-dealkylation sites (tertiary alicyclic amines) is 1. The molecule has 4 atom stereocenters. The fraction of sp³-hybridized carbons (Fsp3) is 0.429. The van der Waals surface area contributed by atoms with Crippen LogP contribution >= 0.6 is 11.3 Å². The third-order valence-corrected chi connectivity index (χ3v) is 7.71. The number of nitrogens with one attached hydrogen (secondary N) is 1. The molecular weight excluding hydrogens is 460 g/mol. The van der Waals surface area contributed by atoms with Crippen molar-refractivity contribution in [2.75, 3.05) is 13.1 Å². The molecule has 2 unspecified atom stereocenters. The van der Waals surface area contributed by atoms with Gasteiger partial charge in [0.25, 0.3) is 11.8 Å². The Morgan fingerprint density at radius 1 is 1.17 bits per heavy atom. The molecule has 3 N–H and O–H groups in total. The normalized spacial score (nSPS) is 21.5. The number of rotatable bonds is 9. The van der Waals surface area contributed by atoms with Crippen LogP contribution < -0.4 is 5.32 Å². The van der Waals surface area contributed by atoms with Crippen molar-refractivity contribution in [1.82, 2.24) is 10.2 Å². The van der Waals surface area contributed by atoms with Crippen LogP contribution in [0.1, 0.15) is 42.2 Å². The number of hydrogen-bond donors (Lipinski definition) is 3. The van der Waals surface area contributed by atoms with Crippen molar-refractivity contribution in [2.45, 2.75) is 57.3 Å². The molecule has 2 aromatic rings. The second-order valence-electron chi connectivity index (χ2n) is 9.49. The first-order chi connectivity index (χ1) is 16.9. The maximum Gasteiger partial charge on any atom is 0.255 e. The monoisotopic (exact) mass is 494 g/mol. The molecule has 1 aliphatic heterocycles. The summed E-state index contributed by atoms with van der Waals surface area (Å²) in [4.78, 5) is 28.2. The van der Waals surface area contributed by atoms with Gasteiger partial charge in [-0.15, -0.1) is 11.3 Å². The zero-order valence-electron chi connectivity index (χ0n) is 20.1. The Hall–Kier alpha value is -2.74. The minimum Gasteiger partial charge on any atom is -0.380 e. The maximum absolute atomic E-state index is 13.0. The highest BCUT2D eigenvalue weighted by atomic mass is 32.1. The van der Waals surface area contributed by atoms with Gasteiger partial charge in [0.2, 0.25) is 0 Å². The summed E-state index contributed by atoms with van der Waals surface area (Å²) >= 11 is 1.64. The van der Waals surface area contributed by atoms with Gasteiger partial charge in [-0.3, -0.25) is 9.59 Å². The van der Waals surface area contributed by atoms with Crippen LogP contribution in [0.25, 0.3) is 0 Å². The van der Waals surface area contributed by atoms with Gasteiger partial charge < -0.3 is 20.4 Å². The minimum absolute atomic E-state index is 0.115. The van der Waals surface area contributed by atoms with Crippen molar-refractivity contribution >= 4 is 23.2 Å². The molecule has 1 aromatic heterocycles. The molecule has 1 saturated heterocycles. The summed E-state index contributed by atoms with van der Waals surface area (Å²) in [6, 6.07) is 12.3. The van der Waals surface area contributed by atoms with E-state index in [1.165, 1.54) is 11.1 Å². The summed E-state index contributed by atoms with van der Waals surface area (Å²) in [5.41, 5.74) is 3.54. The lowest BCUT2D eigenvalue weighted by Gasteiger charge is -2.30. The van der Waals surface area contributed by atoms with Crippen molar-refractivity contribution in [3.05, 3.63) is 81.6 Å². The maximum atomic E-state index is 13.0. The first-order valence-corrected chi connectivity index (χ1v) is 13.2. The van der Waals surface area contributed by atoms with Crippen LogP contribution in [0.4, 0.5) is 0 Å². The molecule has 1 aromatic carbocycles. The van der Waals surface area contributed by atoms with Crippen LogP contribution in [0.15, 0.2) is 65.6 Å². The average Bonchev–Trinajstić information content (AvgIpc) is 3.53. The molecule has 1 fully saturated rings. The molecule has 6 nitrogen and oxygen atoms in total. The van der Waals surface area contributed by atoms with E-state index in [2.05, 4.69) is 48.0 Å². The Morgan fingerprint density at radius 2 is 1.97 bits per heavy atom. The molecule has 0 bridgehead atoms. The van der Waals surface area contributed by atoms with E-state index in [1.807, 2.05) is 24.3 Å². The lowest BCUT2D eigenvalue weighted by atomic mass is 9.92. The van der Waals surface area contributed by atoms with E-state index in [0.29, 0.717) is 25.4 Å². The fourth-order valence-corrected chi connectivity index (χ4v) is 5.71. The van der Waals surface area contributed by atoms with Gasteiger partial charge in [0, 0.05) is 18.0 Å². The number of aliphatic hydroxyl groups excluding tert-OH is 2. The predicted octanol–water partition coefficient (Wildman–Crippen LogP) is 3.23. The topological polar surface area (TPSA) is 89.9 Å². The summed E-state index contributed by atoms with van der Waals surface area (Å²) in [6.07, 6.45) is 6.85. The minimum atomic E-state index is -1.80. The van der Waals surface area contributed by atoms with Gasteiger partial charge in [0.15, 0.2) is 12.2 Å². The number of carbonyl (C=O) groups is 2. The zero-order chi connectivity index (χ0) is 24.8. The van der Waals surface area contributed by atoms with E-state index in [4.69, 9.17) is 0 Å². The van der Waals surface area contributed by atoms with Gasteiger partial charge in [0.1, 0.15) is 0 Å². The molecular formula is C28H34N2O4S. The summed E-state index contributed by atoms with van der Waals surface area (Å²) in [5, 5.41) is 25.7. The number of amides is 2. The van der Waals surface area contributed by atoms with E-state index in [1.54, 1.807) is 16.2 Å². The molecule has 186 valence electrons. The Labute approximate surface area is 211 Å². The molecule has 0 spiro atoms. The van der Waals surface area contributed by atoms with Crippen LogP contribution in [-0.4, -0.2) is 58.3 Å². The van der Waals surface area contributed by atoms with Gasteiger partial charge in [0.05, 0.1) is 6.04 Å². The number of hydrogen-bond acceptors (Lipinski definition) is 5. The molecule has 35 heavy (non-hydrogen) atoms. The summed E-state index contributed by atoms with van der Waals surface area (Å²) in [6.45, 7) is 2.97. The number of aliphatic hydroxyl groups is 2. The molecule has 0 saturated carbocycles. The molecule has 4 rings (SSSR count). The van der Waals surface area contributed by atoms with Crippen LogP contribution in [0.3, 0.4) is 0 Å². The van der Waals surface area contributed by atoms with E-state index in [0.717, 1.165) is 36.1 Å². The van der Waals surface area contributed by atoms with Crippen molar-refractivity contribution in [2.24, 2.45) is 5.92 Å². The highest BCUT2D eigenvalue weighted by molar-refractivity contribution is 7.10. The second kappa shape index (κ2) is 11.8. The van der Waals surface area contributed by atoms with Crippen LogP contribution in [0.5, 0.6) is 0 Å². The molecule has 2 heterocycles. The Bertz CT molecular complexity index is 1080. The number of nitrogens with zero attached hydrogens (tertiary/aromatic N) is 1. The smallest absolute Gasteiger partial charge is 0.255 e. The van der Waals surface area contributed by atoms with E-state index in [-0.39, 0.29) is 6.04 Å². The largest absolute Gasteiger partial charge is 0.380 e. The number of allylic oxidation sites excluding steroid dienone is 2. The van der Waals surface area contributed by atoms with E-state index < -0.39 is 24.0 Å². The van der Waals surface area contributed by atoms with Crippen molar-refractivity contribution < 1.29 is 19.8 Å². The van der Waals surface area contributed by atoms with Gasteiger partial charge in [-0.1, -0.05) is 55.5 Å². The SMILES string of the molecule is CC1C=C(C2CCCN2C(=O)[C@H](O)[C@@H](O)C(=O)NCCc2cc(Cc3ccccc3)cs2)C=CC1. The Kier molecular flexibility index (Phi) is 8.55. The average molecular weight is 495 g/mol. The van der Waals surface area contributed by atoms with Gasteiger partial charge >= 0.3 is 0 Å². The lowest BCUT2D eigenvalue weighted by molar-refractivity contribution is -0.153. The zero-order valence-corrected chi connectivity index (χ0v) is 20.9. The highest BCUT2D eigenvalue weighted by Crippen LogP contribution is 2.29. The van der Waals surface area contributed by atoms with Gasteiger partial charge in [-0.25, -0.2) is 0 Å². The predicted molar refractivity (Wildman–Crippen MR) is 138 cm³/mol. The second-order valence-corrected chi connectivity index (χ2v) is 10.5. The number of carbonyl (C=O) groups excluding carboxylic acids is 2. The number of thiophene rings is 1. The highest BCUT2D eigenvalue weighted by Gasteiger charge is 2.38. The summed E-state index contributed by atoms with van der Waals surface area (Å²) in [5.74, 6) is -0.911. The fourth-order valence-electron chi connectivity index (χ4n) is 4.81.